The number of ether oxygens (including phenoxy) is 1. The first-order valence-corrected chi connectivity index (χ1v) is 8.63. The number of carbonyl (C=O) groups excluding carboxylic acids is 1. The third kappa shape index (κ3) is 4.24. The Hall–Kier alpha value is -1.59. The van der Waals surface area contributed by atoms with Gasteiger partial charge in [-0.05, 0) is 38.1 Å². The quantitative estimate of drug-likeness (QED) is 0.617. The van der Waals surface area contributed by atoms with Crippen molar-refractivity contribution in [3.05, 3.63) is 23.8 Å². The summed E-state index contributed by atoms with van der Waals surface area (Å²) >= 11 is 0. The Morgan fingerprint density at radius 1 is 1.22 bits per heavy atom. The normalized spacial score (nSPS) is 17.9. The summed E-state index contributed by atoms with van der Waals surface area (Å²) in [4.78, 5) is 17.6. The van der Waals surface area contributed by atoms with E-state index in [9.17, 15) is 4.79 Å². The van der Waals surface area contributed by atoms with E-state index in [1.54, 1.807) is 12.1 Å². The van der Waals surface area contributed by atoms with Crippen molar-refractivity contribution in [1.29, 1.82) is 0 Å². The number of anilines is 1. The zero-order valence-corrected chi connectivity index (χ0v) is 14.5. The number of nitrogens with two attached hydrogens (primary N) is 1. The van der Waals surface area contributed by atoms with E-state index >= 15 is 0 Å². The minimum absolute atomic E-state index is 0.0636. The highest BCUT2D eigenvalue weighted by molar-refractivity contribution is 6.01. The maximum absolute atomic E-state index is 12.9. The average molecular weight is 319 g/mol. The SMILES string of the molecule is CCOc1ccc(C(=O)C(CC)N2CCN(CC)CC2)cc1N. The van der Waals surface area contributed by atoms with Gasteiger partial charge in [0.15, 0.2) is 5.78 Å². The van der Waals surface area contributed by atoms with Crippen molar-refractivity contribution in [2.75, 3.05) is 45.1 Å². The van der Waals surface area contributed by atoms with Crippen LogP contribution in [0, 0.1) is 0 Å². The molecule has 1 aliphatic heterocycles. The van der Waals surface area contributed by atoms with Crippen molar-refractivity contribution in [2.45, 2.75) is 33.2 Å². The fraction of sp³-hybridized carbons (Fsp3) is 0.611. The van der Waals surface area contributed by atoms with Crippen molar-refractivity contribution in [1.82, 2.24) is 9.80 Å². The van der Waals surface area contributed by atoms with Crippen LogP contribution in [0.4, 0.5) is 5.69 Å². The van der Waals surface area contributed by atoms with Gasteiger partial charge in [-0.15, -0.1) is 0 Å². The molecule has 1 saturated heterocycles. The third-order valence-electron chi connectivity index (χ3n) is 4.58. The molecule has 5 heteroatoms. The predicted molar refractivity (Wildman–Crippen MR) is 94.1 cm³/mol. The third-order valence-corrected chi connectivity index (χ3v) is 4.58. The van der Waals surface area contributed by atoms with Crippen LogP contribution in [-0.2, 0) is 0 Å². The molecule has 128 valence electrons. The van der Waals surface area contributed by atoms with E-state index in [0.717, 1.165) is 39.1 Å². The standard InChI is InChI=1S/C18H29N3O2/c1-4-16(21-11-9-20(5-2)10-12-21)18(22)14-7-8-17(23-6-3)15(19)13-14/h7-8,13,16H,4-6,9-12,19H2,1-3H3. The van der Waals surface area contributed by atoms with Gasteiger partial charge in [0.05, 0.1) is 18.3 Å². The van der Waals surface area contributed by atoms with Gasteiger partial charge in [0.25, 0.3) is 0 Å². The van der Waals surface area contributed by atoms with Gasteiger partial charge in [0.2, 0.25) is 0 Å². The second-order valence-electron chi connectivity index (χ2n) is 5.94. The number of carbonyl (C=O) groups is 1. The lowest BCUT2D eigenvalue weighted by molar-refractivity contribution is 0.0668. The molecule has 1 fully saturated rings. The summed E-state index contributed by atoms with van der Waals surface area (Å²) in [5, 5.41) is 0. The molecule has 1 heterocycles. The molecule has 1 aromatic rings. The molecule has 0 aromatic heterocycles. The van der Waals surface area contributed by atoms with Gasteiger partial charge in [-0.25, -0.2) is 0 Å². The molecule has 1 atom stereocenters. The maximum Gasteiger partial charge on any atom is 0.180 e. The number of benzene rings is 1. The molecular formula is C18H29N3O2. The van der Waals surface area contributed by atoms with Crippen LogP contribution in [-0.4, -0.2) is 61.0 Å². The largest absolute Gasteiger partial charge is 0.492 e. The van der Waals surface area contributed by atoms with Crippen LogP contribution in [0.3, 0.4) is 0 Å². The minimum Gasteiger partial charge on any atom is -0.492 e. The second kappa shape index (κ2) is 8.31. The van der Waals surface area contributed by atoms with Crippen molar-refractivity contribution < 1.29 is 9.53 Å². The fourth-order valence-corrected chi connectivity index (χ4v) is 3.18. The van der Waals surface area contributed by atoms with Gasteiger partial charge < -0.3 is 15.4 Å². The Morgan fingerprint density at radius 3 is 2.43 bits per heavy atom. The number of Topliss-reactive ketones (excluding diaryl/α,β-unsaturated/α-hetero) is 1. The molecular weight excluding hydrogens is 290 g/mol. The lowest BCUT2D eigenvalue weighted by Gasteiger charge is -2.38. The highest BCUT2D eigenvalue weighted by Gasteiger charge is 2.28. The van der Waals surface area contributed by atoms with E-state index in [2.05, 4.69) is 23.6 Å². The number of hydrogen-bond donors (Lipinski definition) is 1. The average Bonchev–Trinajstić information content (AvgIpc) is 2.58. The highest BCUT2D eigenvalue weighted by Crippen LogP contribution is 2.24. The topological polar surface area (TPSA) is 58.8 Å². The summed E-state index contributed by atoms with van der Waals surface area (Å²) < 4.78 is 5.45. The first-order valence-electron chi connectivity index (χ1n) is 8.63. The van der Waals surface area contributed by atoms with E-state index in [1.807, 2.05) is 13.0 Å². The molecule has 0 amide bonds. The summed E-state index contributed by atoms with van der Waals surface area (Å²) in [5.41, 5.74) is 7.21. The van der Waals surface area contributed by atoms with E-state index in [1.165, 1.54) is 0 Å². The molecule has 23 heavy (non-hydrogen) atoms. The highest BCUT2D eigenvalue weighted by atomic mass is 16.5. The van der Waals surface area contributed by atoms with Gasteiger partial charge in [-0.3, -0.25) is 9.69 Å². The molecule has 0 aliphatic carbocycles. The molecule has 0 bridgehead atoms. The lowest BCUT2D eigenvalue weighted by Crippen LogP contribution is -2.52. The zero-order valence-electron chi connectivity index (χ0n) is 14.5. The Kier molecular flexibility index (Phi) is 6.42. The van der Waals surface area contributed by atoms with Crippen molar-refractivity contribution in [3.8, 4) is 5.75 Å². The van der Waals surface area contributed by atoms with E-state index < -0.39 is 0 Å². The monoisotopic (exact) mass is 319 g/mol. The second-order valence-corrected chi connectivity index (χ2v) is 5.94. The predicted octanol–water partition coefficient (Wildman–Crippen LogP) is 2.27. The van der Waals surface area contributed by atoms with E-state index in [0.29, 0.717) is 23.6 Å². The summed E-state index contributed by atoms with van der Waals surface area (Å²) in [6.07, 6.45) is 0.818. The van der Waals surface area contributed by atoms with Crippen LogP contribution in [0.25, 0.3) is 0 Å². The molecule has 5 nitrogen and oxygen atoms in total. The molecule has 1 unspecified atom stereocenters. The number of nitrogen functional groups attached to an aromatic ring is 1. The van der Waals surface area contributed by atoms with Gasteiger partial charge in [0.1, 0.15) is 5.75 Å². The molecule has 2 rings (SSSR count). The van der Waals surface area contributed by atoms with Crippen molar-refractivity contribution >= 4 is 11.5 Å². The van der Waals surface area contributed by atoms with Crippen LogP contribution >= 0.6 is 0 Å². The molecule has 1 aliphatic rings. The van der Waals surface area contributed by atoms with Gasteiger partial charge >= 0.3 is 0 Å². The number of piperazine rings is 1. The Balaban J connectivity index is 2.09. The summed E-state index contributed by atoms with van der Waals surface area (Å²) in [6, 6.07) is 5.31. The summed E-state index contributed by atoms with van der Waals surface area (Å²) in [5.74, 6) is 0.806. The Labute approximate surface area is 139 Å². The zero-order chi connectivity index (χ0) is 16.8. The molecule has 0 spiro atoms. The van der Waals surface area contributed by atoms with E-state index in [-0.39, 0.29) is 11.8 Å². The number of rotatable bonds is 7. The lowest BCUT2D eigenvalue weighted by atomic mass is 9.99. The van der Waals surface area contributed by atoms with Crippen LogP contribution in [0.2, 0.25) is 0 Å². The summed E-state index contributed by atoms with van der Waals surface area (Å²) in [6.45, 7) is 11.8. The first kappa shape index (κ1) is 17.8. The van der Waals surface area contributed by atoms with Crippen LogP contribution in [0.15, 0.2) is 18.2 Å². The summed E-state index contributed by atoms with van der Waals surface area (Å²) in [7, 11) is 0. The fourth-order valence-electron chi connectivity index (χ4n) is 3.18. The Morgan fingerprint density at radius 2 is 1.91 bits per heavy atom. The number of ketones is 1. The number of nitrogens with zero attached hydrogens (tertiary/aromatic N) is 2. The van der Waals surface area contributed by atoms with Crippen LogP contribution in [0.5, 0.6) is 5.75 Å². The van der Waals surface area contributed by atoms with Crippen LogP contribution < -0.4 is 10.5 Å². The van der Waals surface area contributed by atoms with Crippen molar-refractivity contribution in [2.24, 2.45) is 0 Å². The van der Waals surface area contributed by atoms with E-state index in [4.69, 9.17) is 10.5 Å². The maximum atomic E-state index is 12.9. The van der Waals surface area contributed by atoms with Crippen molar-refractivity contribution in [3.63, 3.8) is 0 Å². The van der Waals surface area contributed by atoms with Gasteiger partial charge in [-0.2, -0.15) is 0 Å². The molecule has 2 N–H and O–H groups in total. The van der Waals surface area contributed by atoms with Crippen LogP contribution in [0.1, 0.15) is 37.6 Å². The minimum atomic E-state index is -0.0636. The molecule has 1 aromatic carbocycles. The van der Waals surface area contributed by atoms with Gasteiger partial charge in [-0.1, -0.05) is 13.8 Å². The number of hydrogen-bond acceptors (Lipinski definition) is 5. The smallest absolute Gasteiger partial charge is 0.180 e. The molecule has 0 saturated carbocycles. The molecule has 0 radical (unpaired) electrons. The first-order chi connectivity index (χ1) is 11.1. The Bertz CT molecular complexity index is 525. The van der Waals surface area contributed by atoms with Gasteiger partial charge in [0, 0.05) is 31.7 Å². The number of likely N-dealkylation sites (N-methyl/N-ethyl adjacent to an activating group) is 1.